The Labute approximate surface area is 122 Å². The smallest absolute Gasteiger partial charge is 0.324 e. The van der Waals surface area contributed by atoms with Crippen LogP contribution >= 0.6 is 0 Å². The molecule has 4 amide bonds. The molecule has 2 rings (SSSR count). The van der Waals surface area contributed by atoms with Gasteiger partial charge in [-0.1, -0.05) is 12.1 Å². The zero-order chi connectivity index (χ0) is 15.2. The molecule has 0 aliphatic carbocycles. The maximum Gasteiger partial charge on any atom is 0.324 e. The number of ether oxygens (including phenoxy) is 1. The van der Waals surface area contributed by atoms with Crippen LogP contribution in [0.5, 0.6) is 5.75 Å². The summed E-state index contributed by atoms with van der Waals surface area (Å²) >= 11 is 0. The maximum absolute atomic E-state index is 12.0. The fourth-order valence-corrected chi connectivity index (χ4v) is 2.04. The molecule has 1 saturated heterocycles. The quantitative estimate of drug-likeness (QED) is 0.820. The summed E-state index contributed by atoms with van der Waals surface area (Å²) < 4.78 is 5.12. The van der Waals surface area contributed by atoms with Crippen molar-refractivity contribution < 1.29 is 19.1 Å². The van der Waals surface area contributed by atoms with Gasteiger partial charge in [0.2, 0.25) is 5.91 Å². The van der Waals surface area contributed by atoms with Crippen molar-refractivity contribution in [2.24, 2.45) is 0 Å². The van der Waals surface area contributed by atoms with Gasteiger partial charge in [-0.2, -0.15) is 0 Å². The predicted molar refractivity (Wildman–Crippen MR) is 75.1 cm³/mol. The van der Waals surface area contributed by atoms with Gasteiger partial charge in [-0.05, 0) is 12.1 Å². The molecule has 0 unspecified atom stereocenters. The van der Waals surface area contributed by atoms with E-state index in [1.165, 1.54) is 12.0 Å². The van der Waals surface area contributed by atoms with Crippen molar-refractivity contribution in [1.82, 2.24) is 15.5 Å². The minimum absolute atomic E-state index is 0.263. The summed E-state index contributed by atoms with van der Waals surface area (Å²) in [6, 6.07) is 6.49. The van der Waals surface area contributed by atoms with Crippen molar-refractivity contribution in [2.75, 3.05) is 26.7 Å². The second-order valence-electron chi connectivity index (χ2n) is 4.55. The number of urea groups is 1. The molecular weight excluding hydrogens is 274 g/mol. The van der Waals surface area contributed by atoms with Gasteiger partial charge >= 0.3 is 6.03 Å². The number of amides is 4. The van der Waals surface area contributed by atoms with Crippen LogP contribution in [-0.2, 0) is 4.79 Å². The van der Waals surface area contributed by atoms with Gasteiger partial charge in [-0.25, -0.2) is 4.79 Å². The summed E-state index contributed by atoms with van der Waals surface area (Å²) in [4.78, 5) is 36.1. The molecule has 1 fully saturated rings. The van der Waals surface area contributed by atoms with Gasteiger partial charge in [0.15, 0.2) is 0 Å². The Balaban J connectivity index is 1.84. The van der Waals surface area contributed by atoms with Gasteiger partial charge in [0.1, 0.15) is 5.75 Å². The first-order chi connectivity index (χ1) is 10.1. The fraction of sp³-hybridized carbons (Fsp3) is 0.357. The molecule has 7 heteroatoms. The molecule has 1 aliphatic rings. The number of para-hydroxylation sites is 1. The van der Waals surface area contributed by atoms with E-state index >= 15 is 0 Å². The third kappa shape index (κ3) is 3.71. The van der Waals surface area contributed by atoms with Crippen LogP contribution in [0, 0.1) is 0 Å². The molecular formula is C14H17N3O4. The van der Waals surface area contributed by atoms with Crippen LogP contribution in [0.3, 0.4) is 0 Å². The van der Waals surface area contributed by atoms with Crippen LogP contribution in [0.2, 0.25) is 0 Å². The Kier molecular flexibility index (Phi) is 4.76. The van der Waals surface area contributed by atoms with E-state index in [4.69, 9.17) is 4.74 Å². The number of imide groups is 1. The average molecular weight is 291 g/mol. The summed E-state index contributed by atoms with van der Waals surface area (Å²) in [6.45, 7) is 1.02. The van der Waals surface area contributed by atoms with E-state index in [1.54, 1.807) is 24.3 Å². The van der Waals surface area contributed by atoms with Crippen molar-refractivity contribution in [3.63, 3.8) is 0 Å². The van der Waals surface area contributed by atoms with E-state index in [2.05, 4.69) is 10.6 Å². The Morgan fingerprint density at radius 2 is 2.14 bits per heavy atom. The normalized spacial score (nSPS) is 14.6. The van der Waals surface area contributed by atoms with Gasteiger partial charge in [0.25, 0.3) is 5.91 Å². The number of nitrogens with zero attached hydrogens (tertiary/aromatic N) is 1. The lowest BCUT2D eigenvalue weighted by Gasteiger charge is -2.26. The highest BCUT2D eigenvalue weighted by atomic mass is 16.5. The standard InChI is InChI=1S/C14H17N3O4/c1-21-11-5-3-2-4-10(11)13(19)15-7-9-17-8-6-12(18)16-14(17)20/h2-5H,6-9H2,1H3,(H,15,19)(H,16,18,20). The van der Waals surface area contributed by atoms with Crippen LogP contribution in [0.1, 0.15) is 16.8 Å². The molecule has 1 aromatic rings. The Morgan fingerprint density at radius 1 is 1.38 bits per heavy atom. The summed E-state index contributed by atoms with van der Waals surface area (Å²) in [5, 5.41) is 4.96. The van der Waals surface area contributed by atoms with Gasteiger partial charge in [-0.3, -0.25) is 14.9 Å². The van der Waals surface area contributed by atoms with Crippen molar-refractivity contribution in [3.8, 4) is 5.75 Å². The molecule has 21 heavy (non-hydrogen) atoms. The van der Waals surface area contributed by atoms with E-state index < -0.39 is 6.03 Å². The number of hydrogen-bond donors (Lipinski definition) is 2. The molecule has 2 N–H and O–H groups in total. The van der Waals surface area contributed by atoms with Crippen molar-refractivity contribution in [3.05, 3.63) is 29.8 Å². The molecule has 0 spiro atoms. The third-order valence-corrected chi connectivity index (χ3v) is 3.16. The monoisotopic (exact) mass is 291 g/mol. The molecule has 0 aromatic heterocycles. The molecule has 1 aliphatic heterocycles. The Morgan fingerprint density at radius 3 is 2.86 bits per heavy atom. The minimum atomic E-state index is -0.419. The van der Waals surface area contributed by atoms with Crippen LogP contribution < -0.4 is 15.4 Å². The second-order valence-corrected chi connectivity index (χ2v) is 4.55. The maximum atomic E-state index is 12.0. The first-order valence-corrected chi connectivity index (χ1v) is 6.62. The summed E-state index contributed by atoms with van der Waals surface area (Å²) in [7, 11) is 1.50. The summed E-state index contributed by atoms with van der Waals surface area (Å²) in [6.07, 6.45) is 0.284. The first kappa shape index (κ1) is 14.8. The highest BCUT2D eigenvalue weighted by Gasteiger charge is 2.22. The minimum Gasteiger partial charge on any atom is -0.496 e. The highest BCUT2D eigenvalue weighted by molar-refractivity contribution is 5.97. The number of carbonyl (C=O) groups excluding carboxylic acids is 3. The summed E-state index contributed by atoms with van der Waals surface area (Å²) in [5.74, 6) is -0.0356. The molecule has 0 bridgehead atoms. The Bertz CT molecular complexity index is 559. The van der Waals surface area contributed by atoms with Crippen LogP contribution in [-0.4, -0.2) is 49.5 Å². The molecule has 1 aromatic carbocycles. The SMILES string of the molecule is COc1ccccc1C(=O)NCCN1CCC(=O)NC1=O. The van der Waals surface area contributed by atoms with E-state index in [0.717, 1.165) is 0 Å². The fourth-order valence-electron chi connectivity index (χ4n) is 2.04. The van der Waals surface area contributed by atoms with E-state index in [1.807, 2.05) is 0 Å². The first-order valence-electron chi connectivity index (χ1n) is 6.62. The molecule has 0 radical (unpaired) electrons. The molecule has 1 heterocycles. The number of hydrogen-bond acceptors (Lipinski definition) is 4. The van der Waals surface area contributed by atoms with Gasteiger partial charge < -0.3 is 15.0 Å². The predicted octanol–water partition coefficient (Wildman–Crippen LogP) is 0.367. The number of rotatable bonds is 5. The average Bonchev–Trinajstić information content (AvgIpc) is 2.49. The largest absolute Gasteiger partial charge is 0.496 e. The molecule has 112 valence electrons. The number of benzene rings is 1. The van der Waals surface area contributed by atoms with E-state index in [-0.39, 0.29) is 18.2 Å². The zero-order valence-electron chi connectivity index (χ0n) is 11.7. The lowest BCUT2D eigenvalue weighted by molar-refractivity contribution is -0.121. The zero-order valence-corrected chi connectivity index (χ0v) is 11.7. The lowest BCUT2D eigenvalue weighted by atomic mass is 10.2. The summed E-state index contributed by atoms with van der Waals surface area (Å²) in [5.41, 5.74) is 0.443. The van der Waals surface area contributed by atoms with Crippen LogP contribution in [0.25, 0.3) is 0 Å². The highest BCUT2D eigenvalue weighted by Crippen LogP contribution is 2.16. The molecule has 0 atom stereocenters. The van der Waals surface area contributed by atoms with Crippen LogP contribution in [0.15, 0.2) is 24.3 Å². The molecule has 7 nitrogen and oxygen atoms in total. The topological polar surface area (TPSA) is 87.7 Å². The van der Waals surface area contributed by atoms with E-state index in [0.29, 0.717) is 30.9 Å². The number of carbonyl (C=O) groups is 3. The lowest BCUT2D eigenvalue weighted by Crippen LogP contribution is -2.51. The van der Waals surface area contributed by atoms with Crippen molar-refractivity contribution >= 4 is 17.8 Å². The van der Waals surface area contributed by atoms with E-state index in [9.17, 15) is 14.4 Å². The second kappa shape index (κ2) is 6.74. The van der Waals surface area contributed by atoms with Crippen molar-refractivity contribution in [1.29, 1.82) is 0 Å². The van der Waals surface area contributed by atoms with Crippen LogP contribution in [0.4, 0.5) is 4.79 Å². The Hall–Kier alpha value is -2.57. The number of methoxy groups -OCH3 is 1. The van der Waals surface area contributed by atoms with Gasteiger partial charge in [0.05, 0.1) is 12.7 Å². The number of nitrogens with one attached hydrogen (secondary N) is 2. The molecule has 0 saturated carbocycles. The third-order valence-electron chi connectivity index (χ3n) is 3.16. The van der Waals surface area contributed by atoms with Crippen molar-refractivity contribution in [2.45, 2.75) is 6.42 Å². The van der Waals surface area contributed by atoms with Gasteiger partial charge in [-0.15, -0.1) is 0 Å². The van der Waals surface area contributed by atoms with Gasteiger partial charge in [0, 0.05) is 26.1 Å².